The van der Waals surface area contributed by atoms with E-state index in [0.717, 1.165) is 50.1 Å². The molecule has 6 nitrogen and oxygen atoms in total. The van der Waals surface area contributed by atoms with Crippen molar-refractivity contribution >= 4 is 23.3 Å². The standard InChI is InChI=1S/C18H24ClN5O/c1-4-13-16(11-21-14(10-20)17(13)19)23-7-5-6-15(12(23)2)24-9-8-22(3)18(24)25/h11-12,15H,4-9H2,1-3H3. The van der Waals surface area contributed by atoms with Crippen molar-refractivity contribution in [3.05, 3.63) is 22.5 Å². The molecular weight excluding hydrogens is 338 g/mol. The van der Waals surface area contributed by atoms with Crippen molar-refractivity contribution in [3.63, 3.8) is 0 Å². The van der Waals surface area contributed by atoms with Crippen molar-refractivity contribution in [3.8, 4) is 6.07 Å². The summed E-state index contributed by atoms with van der Waals surface area (Å²) in [5.41, 5.74) is 2.23. The van der Waals surface area contributed by atoms with Crippen LogP contribution >= 0.6 is 11.6 Å². The molecule has 2 amide bonds. The van der Waals surface area contributed by atoms with E-state index in [4.69, 9.17) is 11.6 Å². The molecule has 0 spiro atoms. The number of likely N-dealkylation sites (N-methyl/N-ethyl adjacent to an activating group) is 1. The van der Waals surface area contributed by atoms with Gasteiger partial charge in [0.15, 0.2) is 5.69 Å². The summed E-state index contributed by atoms with van der Waals surface area (Å²) in [4.78, 5) is 22.7. The third kappa shape index (κ3) is 3.02. The minimum absolute atomic E-state index is 0.116. The Morgan fingerprint density at radius 1 is 1.36 bits per heavy atom. The van der Waals surface area contributed by atoms with Gasteiger partial charge in [0, 0.05) is 32.7 Å². The molecular formula is C18H24ClN5O. The molecule has 1 aromatic heterocycles. The SMILES string of the molecule is CCc1c(N2CCCC(N3CCN(C)C3=O)C2C)cnc(C#N)c1Cl. The minimum atomic E-state index is 0.116. The lowest BCUT2D eigenvalue weighted by Gasteiger charge is -2.44. The molecule has 2 unspecified atom stereocenters. The highest BCUT2D eigenvalue weighted by atomic mass is 35.5. The lowest BCUT2D eigenvalue weighted by molar-refractivity contribution is 0.163. The molecule has 0 N–H and O–H groups in total. The molecule has 2 atom stereocenters. The Bertz CT molecular complexity index is 716. The van der Waals surface area contributed by atoms with Crippen molar-refractivity contribution in [2.45, 2.75) is 45.2 Å². The number of nitrogens with zero attached hydrogens (tertiary/aromatic N) is 5. The van der Waals surface area contributed by atoms with Crippen molar-refractivity contribution < 1.29 is 4.79 Å². The lowest BCUT2D eigenvalue weighted by atomic mass is 9.94. The van der Waals surface area contributed by atoms with Crippen molar-refractivity contribution in [1.82, 2.24) is 14.8 Å². The average Bonchev–Trinajstić information content (AvgIpc) is 2.94. The zero-order valence-electron chi connectivity index (χ0n) is 15.0. The molecule has 3 heterocycles. The Hall–Kier alpha value is -2.00. The monoisotopic (exact) mass is 361 g/mol. The Morgan fingerprint density at radius 3 is 2.72 bits per heavy atom. The number of carbonyl (C=O) groups excluding carboxylic acids is 1. The van der Waals surface area contributed by atoms with Gasteiger partial charge in [-0.25, -0.2) is 9.78 Å². The zero-order chi connectivity index (χ0) is 18.1. The van der Waals surface area contributed by atoms with E-state index in [0.29, 0.717) is 5.02 Å². The maximum atomic E-state index is 12.4. The highest BCUT2D eigenvalue weighted by molar-refractivity contribution is 6.32. The van der Waals surface area contributed by atoms with Gasteiger partial charge in [-0.1, -0.05) is 18.5 Å². The van der Waals surface area contributed by atoms with Crippen LogP contribution in [0.1, 0.15) is 37.9 Å². The molecule has 0 bridgehead atoms. The smallest absolute Gasteiger partial charge is 0.320 e. The van der Waals surface area contributed by atoms with Gasteiger partial charge < -0.3 is 14.7 Å². The van der Waals surface area contributed by atoms with E-state index in [-0.39, 0.29) is 23.8 Å². The number of pyridine rings is 1. The summed E-state index contributed by atoms with van der Waals surface area (Å²) in [6, 6.07) is 2.54. The third-order valence-corrected chi connectivity index (χ3v) is 5.87. The first-order valence-electron chi connectivity index (χ1n) is 8.85. The fourth-order valence-corrected chi connectivity index (χ4v) is 4.35. The van der Waals surface area contributed by atoms with Crippen LogP contribution < -0.4 is 4.90 Å². The van der Waals surface area contributed by atoms with Crippen LogP contribution in [0.25, 0.3) is 0 Å². The van der Waals surface area contributed by atoms with Crippen LogP contribution in [0.3, 0.4) is 0 Å². The molecule has 134 valence electrons. The Labute approximate surface area is 154 Å². The normalized spacial score (nSPS) is 24.0. The number of nitriles is 1. The van der Waals surface area contributed by atoms with Crippen molar-refractivity contribution in [2.24, 2.45) is 0 Å². The van der Waals surface area contributed by atoms with Gasteiger partial charge in [-0.3, -0.25) is 0 Å². The summed E-state index contributed by atoms with van der Waals surface area (Å²) in [6.45, 7) is 6.68. The molecule has 2 aliphatic rings. The topological polar surface area (TPSA) is 63.5 Å². The zero-order valence-corrected chi connectivity index (χ0v) is 15.8. The number of anilines is 1. The second kappa shape index (κ2) is 7.09. The number of hydrogen-bond donors (Lipinski definition) is 0. The summed E-state index contributed by atoms with van der Waals surface area (Å²) in [5.74, 6) is 0. The van der Waals surface area contributed by atoms with Crippen LogP contribution in [0.5, 0.6) is 0 Å². The predicted octanol–water partition coefficient (Wildman–Crippen LogP) is 2.89. The van der Waals surface area contributed by atoms with Crippen LogP contribution in [-0.4, -0.2) is 59.6 Å². The number of carbonyl (C=O) groups is 1. The van der Waals surface area contributed by atoms with Gasteiger partial charge in [0.1, 0.15) is 6.07 Å². The van der Waals surface area contributed by atoms with Crippen LogP contribution in [0, 0.1) is 11.3 Å². The van der Waals surface area contributed by atoms with Crippen LogP contribution in [0.4, 0.5) is 10.5 Å². The first-order valence-corrected chi connectivity index (χ1v) is 9.23. The fraction of sp³-hybridized carbons (Fsp3) is 0.611. The second-order valence-corrected chi connectivity index (χ2v) is 7.17. The van der Waals surface area contributed by atoms with Crippen LogP contribution in [-0.2, 0) is 6.42 Å². The lowest BCUT2D eigenvalue weighted by Crippen LogP contribution is -2.55. The quantitative estimate of drug-likeness (QED) is 0.830. The molecule has 0 saturated carbocycles. The van der Waals surface area contributed by atoms with Crippen molar-refractivity contribution in [2.75, 3.05) is 31.6 Å². The summed E-state index contributed by atoms with van der Waals surface area (Å²) < 4.78 is 0. The van der Waals surface area contributed by atoms with E-state index in [2.05, 4.69) is 22.9 Å². The molecule has 7 heteroatoms. The number of halogens is 1. The third-order valence-electron chi connectivity index (χ3n) is 5.46. The highest BCUT2D eigenvalue weighted by Crippen LogP contribution is 2.35. The first kappa shape index (κ1) is 17.8. The summed E-state index contributed by atoms with van der Waals surface area (Å²) in [7, 11) is 1.85. The Kier molecular flexibility index (Phi) is 5.05. The van der Waals surface area contributed by atoms with E-state index in [9.17, 15) is 10.1 Å². The molecule has 0 aromatic carbocycles. The molecule has 3 rings (SSSR count). The summed E-state index contributed by atoms with van der Waals surface area (Å²) >= 11 is 6.40. The molecule has 0 aliphatic carbocycles. The van der Waals surface area contributed by atoms with Crippen molar-refractivity contribution in [1.29, 1.82) is 5.26 Å². The van der Waals surface area contributed by atoms with Gasteiger partial charge in [-0.05, 0) is 31.7 Å². The largest absolute Gasteiger partial charge is 0.365 e. The number of rotatable bonds is 3. The minimum Gasteiger partial charge on any atom is -0.365 e. The summed E-state index contributed by atoms with van der Waals surface area (Å²) in [6.07, 6.45) is 4.53. The second-order valence-electron chi connectivity index (χ2n) is 6.79. The average molecular weight is 362 g/mol. The molecule has 0 radical (unpaired) electrons. The number of amides is 2. The molecule has 1 aromatic rings. The van der Waals surface area contributed by atoms with E-state index in [1.54, 1.807) is 11.1 Å². The van der Waals surface area contributed by atoms with E-state index >= 15 is 0 Å². The van der Waals surface area contributed by atoms with Gasteiger partial charge >= 0.3 is 6.03 Å². The summed E-state index contributed by atoms with van der Waals surface area (Å²) in [5, 5.41) is 9.62. The fourth-order valence-electron chi connectivity index (χ4n) is 4.03. The van der Waals surface area contributed by atoms with E-state index in [1.807, 2.05) is 18.9 Å². The predicted molar refractivity (Wildman–Crippen MR) is 97.9 cm³/mol. The molecule has 25 heavy (non-hydrogen) atoms. The van der Waals surface area contributed by atoms with Crippen LogP contribution in [0.2, 0.25) is 5.02 Å². The van der Waals surface area contributed by atoms with Gasteiger partial charge in [0.2, 0.25) is 0 Å². The molecule has 2 aliphatic heterocycles. The maximum absolute atomic E-state index is 12.4. The molecule has 2 fully saturated rings. The van der Waals surface area contributed by atoms with Gasteiger partial charge in [0.25, 0.3) is 0 Å². The van der Waals surface area contributed by atoms with Gasteiger partial charge in [-0.15, -0.1) is 0 Å². The number of aromatic nitrogens is 1. The Morgan fingerprint density at radius 2 is 2.12 bits per heavy atom. The number of hydrogen-bond acceptors (Lipinski definition) is 4. The van der Waals surface area contributed by atoms with Crippen LogP contribution in [0.15, 0.2) is 6.20 Å². The highest BCUT2D eigenvalue weighted by Gasteiger charge is 2.39. The molecule has 2 saturated heterocycles. The Balaban J connectivity index is 1.92. The maximum Gasteiger partial charge on any atom is 0.320 e. The van der Waals surface area contributed by atoms with Gasteiger partial charge in [-0.2, -0.15) is 5.26 Å². The van der Waals surface area contributed by atoms with Gasteiger partial charge in [0.05, 0.1) is 22.9 Å². The first-order chi connectivity index (χ1) is 12.0. The van der Waals surface area contributed by atoms with E-state index in [1.165, 1.54) is 0 Å². The number of urea groups is 1. The number of piperidine rings is 1. The van der Waals surface area contributed by atoms with E-state index < -0.39 is 0 Å².